The van der Waals surface area contributed by atoms with E-state index in [1.54, 1.807) is 19.2 Å². The summed E-state index contributed by atoms with van der Waals surface area (Å²) in [4.78, 5) is 2.24. The van der Waals surface area contributed by atoms with Crippen LogP contribution in [0, 0.1) is 5.82 Å². The quantitative estimate of drug-likeness (QED) is 0.787. The predicted octanol–water partition coefficient (Wildman–Crippen LogP) is 2.44. The van der Waals surface area contributed by atoms with Gasteiger partial charge in [0.2, 0.25) is 0 Å². The van der Waals surface area contributed by atoms with E-state index in [-0.39, 0.29) is 11.9 Å². The van der Waals surface area contributed by atoms with Crippen LogP contribution in [0.25, 0.3) is 0 Å². The molecule has 4 heteroatoms. The molecule has 0 fully saturated rings. The summed E-state index contributed by atoms with van der Waals surface area (Å²) < 4.78 is 18.5. The molecule has 2 N–H and O–H groups in total. The van der Waals surface area contributed by atoms with Gasteiger partial charge in [-0.3, -0.25) is 0 Å². The van der Waals surface area contributed by atoms with Crippen LogP contribution in [0.2, 0.25) is 0 Å². The van der Waals surface area contributed by atoms with Gasteiger partial charge in [-0.2, -0.15) is 0 Å². The summed E-state index contributed by atoms with van der Waals surface area (Å²) in [5.41, 5.74) is 6.64. The normalized spacial score (nSPS) is 12.7. The maximum Gasteiger partial charge on any atom is 0.123 e. The molecule has 0 radical (unpaired) electrons. The van der Waals surface area contributed by atoms with Crippen molar-refractivity contribution in [1.29, 1.82) is 0 Å². The maximum absolute atomic E-state index is 13.2. The van der Waals surface area contributed by atoms with Crippen LogP contribution in [0.1, 0.15) is 25.3 Å². The molecule has 0 aliphatic rings. The Bertz CT molecular complexity index is 382. The first kappa shape index (κ1) is 15.9. The highest BCUT2D eigenvalue weighted by molar-refractivity contribution is 5.34. The first-order valence-corrected chi connectivity index (χ1v) is 6.79. The third-order valence-corrected chi connectivity index (χ3v) is 3.20. The average molecular weight is 268 g/mol. The van der Waals surface area contributed by atoms with Crippen molar-refractivity contribution in [3.8, 4) is 5.75 Å². The highest BCUT2D eigenvalue weighted by Gasteiger charge is 2.06. The molecule has 0 aliphatic heterocycles. The van der Waals surface area contributed by atoms with Crippen molar-refractivity contribution in [3.05, 3.63) is 29.6 Å². The molecular weight excluding hydrogens is 243 g/mol. The third-order valence-electron chi connectivity index (χ3n) is 3.20. The molecule has 108 valence electrons. The van der Waals surface area contributed by atoms with Gasteiger partial charge in [0.25, 0.3) is 0 Å². The minimum absolute atomic E-state index is 0.213. The van der Waals surface area contributed by atoms with Crippen LogP contribution in [-0.2, 0) is 6.42 Å². The van der Waals surface area contributed by atoms with Crippen LogP contribution in [0.5, 0.6) is 5.75 Å². The van der Waals surface area contributed by atoms with Gasteiger partial charge in [0, 0.05) is 12.6 Å². The Balaban J connectivity index is 2.41. The second kappa shape index (κ2) is 8.12. The van der Waals surface area contributed by atoms with Gasteiger partial charge in [-0.15, -0.1) is 0 Å². The zero-order valence-electron chi connectivity index (χ0n) is 12.2. The molecule has 1 atom stereocenters. The molecule has 19 heavy (non-hydrogen) atoms. The van der Waals surface area contributed by atoms with Crippen molar-refractivity contribution in [3.63, 3.8) is 0 Å². The second-order valence-electron chi connectivity index (χ2n) is 5.13. The van der Waals surface area contributed by atoms with E-state index in [2.05, 4.69) is 11.9 Å². The first-order chi connectivity index (χ1) is 9.02. The number of halogens is 1. The molecule has 0 heterocycles. The number of nitrogens with two attached hydrogens (primary N) is 1. The Hall–Kier alpha value is -1.13. The smallest absolute Gasteiger partial charge is 0.123 e. The topological polar surface area (TPSA) is 38.5 Å². The lowest BCUT2D eigenvalue weighted by Gasteiger charge is -2.18. The minimum atomic E-state index is -0.213. The fraction of sp³-hybridized carbons (Fsp3) is 0.600. The molecule has 0 amide bonds. The van der Waals surface area contributed by atoms with Crippen molar-refractivity contribution >= 4 is 0 Å². The molecule has 0 bridgehead atoms. The second-order valence-corrected chi connectivity index (χ2v) is 5.13. The Morgan fingerprint density at radius 3 is 2.74 bits per heavy atom. The predicted molar refractivity (Wildman–Crippen MR) is 77.0 cm³/mol. The Morgan fingerprint density at radius 2 is 2.11 bits per heavy atom. The van der Waals surface area contributed by atoms with Gasteiger partial charge in [0.05, 0.1) is 7.11 Å². The molecule has 1 aromatic carbocycles. The van der Waals surface area contributed by atoms with Gasteiger partial charge in [0.1, 0.15) is 11.6 Å². The number of benzene rings is 1. The van der Waals surface area contributed by atoms with Crippen molar-refractivity contribution < 1.29 is 9.13 Å². The van der Waals surface area contributed by atoms with E-state index in [0.717, 1.165) is 43.7 Å². The molecule has 1 unspecified atom stereocenters. The monoisotopic (exact) mass is 268 g/mol. The highest BCUT2D eigenvalue weighted by atomic mass is 19.1. The largest absolute Gasteiger partial charge is 0.496 e. The van der Waals surface area contributed by atoms with E-state index in [1.807, 2.05) is 6.92 Å². The molecule has 0 saturated carbocycles. The van der Waals surface area contributed by atoms with E-state index in [4.69, 9.17) is 10.5 Å². The summed E-state index contributed by atoms with van der Waals surface area (Å²) in [6, 6.07) is 4.92. The lowest BCUT2D eigenvalue weighted by atomic mass is 10.1. The summed E-state index contributed by atoms with van der Waals surface area (Å²) in [5, 5.41) is 0. The molecule has 0 aliphatic carbocycles. The van der Waals surface area contributed by atoms with Crippen LogP contribution >= 0.6 is 0 Å². The fourth-order valence-electron chi connectivity index (χ4n) is 2.05. The molecule has 3 nitrogen and oxygen atoms in total. The lowest BCUT2D eigenvalue weighted by molar-refractivity contribution is 0.323. The summed E-state index contributed by atoms with van der Waals surface area (Å²) in [7, 11) is 3.69. The van der Waals surface area contributed by atoms with Gasteiger partial charge in [-0.1, -0.05) is 0 Å². The summed E-state index contributed by atoms with van der Waals surface area (Å²) in [6.45, 7) is 3.93. The fourth-order valence-corrected chi connectivity index (χ4v) is 2.05. The molecular formula is C15H25FN2O. The van der Waals surface area contributed by atoms with Crippen molar-refractivity contribution in [1.82, 2.24) is 4.90 Å². The van der Waals surface area contributed by atoms with Crippen LogP contribution in [0.4, 0.5) is 4.39 Å². The van der Waals surface area contributed by atoms with Gasteiger partial charge in [0.15, 0.2) is 0 Å². The zero-order valence-corrected chi connectivity index (χ0v) is 12.2. The molecule has 0 spiro atoms. The van der Waals surface area contributed by atoms with Crippen LogP contribution in [0.3, 0.4) is 0 Å². The number of ether oxygens (including phenoxy) is 1. The average Bonchev–Trinajstić information content (AvgIpc) is 2.36. The number of methoxy groups -OCH3 is 1. The third kappa shape index (κ3) is 6.03. The van der Waals surface area contributed by atoms with E-state index in [9.17, 15) is 4.39 Å². The summed E-state index contributed by atoms with van der Waals surface area (Å²) >= 11 is 0. The number of rotatable bonds is 8. The maximum atomic E-state index is 13.2. The van der Waals surface area contributed by atoms with E-state index in [0.29, 0.717) is 0 Å². The van der Waals surface area contributed by atoms with Gasteiger partial charge >= 0.3 is 0 Å². The van der Waals surface area contributed by atoms with E-state index in [1.165, 1.54) is 6.07 Å². The lowest BCUT2D eigenvalue weighted by Crippen LogP contribution is -2.24. The van der Waals surface area contributed by atoms with E-state index >= 15 is 0 Å². The molecule has 0 aromatic heterocycles. The SMILES string of the molecule is COc1ccc(F)cc1CCN(C)CCCC(C)N. The molecule has 1 aromatic rings. The Morgan fingerprint density at radius 1 is 1.37 bits per heavy atom. The first-order valence-electron chi connectivity index (χ1n) is 6.79. The Labute approximate surface area is 115 Å². The number of hydrogen-bond acceptors (Lipinski definition) is 3. The van der Waals surface area contributed by atoms with Crippen molar-refractivity contribution in [2.24, 2.45) is 5.73 Å². The van der Waals surface area contributed by atoms with Crippen LogP contribution < -0.4 is 10.5 Å². The Kier molecular flexibility index (Phi) is 6.81. The van der Waals surface area contributed by atoms with Crippen molar-refractivity contribution in [2.75, 3.05) is 27.2 Å². The molecule has 1 rings (SSSR count). The van der Waals surface area contributed by atoms with Crippen molar-refractivity contribution in [2.45, 2.75) is 32.2 Å². The number of nitrogens with zero attached hydrogens (tertiary/aromatic N) is 1. The summed E-state index contributed by atoms with van der Waals surface area (Å²) in [6.07, 6.45) is 2.91. The number of likely N-dealkylation sites (N-methyl/N-ethyl adjacent to an activating group) is 1. The van der Waals surface area contributed by atoms with Gasteiger partial charge in [-0.25, -0.2) is 4.39 Å². The summed E-state index contributed by atoms with van der Waals surface area (Å²) in [5.74, 6) is 0.542. The minimum Gasteiger partial charge on any atom is -0.496 e. The van der Waals surface area contributed by atoms with E-state index < -0.39 is 0 Å². The molecule has 0 saturated heterocycles. The van der Waals surface area contributed by atoms with Gasteiger partial charge in [-0.05, 0) is 63.5 Å². The highest BCUT2D eigenvalue weighted by Crippen LogP contribution is 2.19. The van der Waals surface area contributed by atoms with Crippen LogP contribution in [-0.4, -0.2) is 38.2 Å². The van der Waals surface area contributed by atoms with Crippen LogP contribution in [0.15, 0.2) is 18.2 Å². The standard InChI is InChI=1S/C15H25FN2O/c1-12(17)5-4-9-18(2)10-8-13-11-14(16)6-7-15(13)19-3/h6-7,11-12H,4-5,8-10,17H2,1-3H3. The zero-order chi connectivity index (χ0) is 14.3. The number of hydrogen-bond donors (Lipinski definition) is 1. The van der Waals surface area contributed by atoms with Gasteiger partial charge < -0.3 is 15.4 Å².